The molecular weight excluding hydrogens is 302 g/mol. The van der Waals surface area contributed by atoms with Crippen LogP contribution in [-0.2, 0) is 11.8 Å². The van der Waals surface area contributed by atoms with Gasteiger partial charge in [0.15, 0.2) is 0 Å². The summed E-state index contributed by atoms with van der Waals surface area (Å²) in [4.78, 5) is 27.6. The zero-order chi connectivity index (χ0) is 16.5. The Bertz CT molecular complexity index is 856. The summed E-state index contributed by atoms with van der Waals surface area (Å²) in [6, 6.07) is 5.66. The summed E-state index contributed by atoms with van der Waals surface area (Å²) in [5, 5.41) is 3.15. The van der Waals surface area contributed by atoms with Crippen molar-refractivity contribution in [3.8, 4) is 0 Å². The Balaban J connectivity index is 1.43. The van der Waals surface area contributed by atoms with Crippen molar-refractivity contribution in [2.45, 2.75) is 38.5 Å². The molecule has 2 N–H and O–H groups in total. The van der Waals surface area contributed by atoms with Gasteiger partial charge in [-0.15, -0.1) is 0 Å². The van der Waals surface area contributed by atoms with Crippen molar-refractivity contribution in [2.24, 2.45) is 30.2 Å². The molecule has 1 heterocycles. The first-order chi connectivity index (χ1) is 11.5. The van der Waals surface area contributed by atoms with Gasteiger partial charge >= 0.3 is 5.69 Å². The van der Waals surface area contributed by atoms with E-state index in [-0.39, 0.29) is 17.0 Å². The van der Waals surface area contributed by atoms with Crippen LogP contribution in [0.3, 0.4) is 0 Å². The molecule has 24 heavy (non-hydrogen) atoms. The number of H-pyrrole nitrogens is 1. The molecule has 4 bridgehead atoms. The third-order valence-corrected chi connectivity index (χ3v) is 6.68. The first kappa shape index (κ1) is 14.3. The number of aromatic amines is 1. The number of aromatic nitrogens is 2. The van der Waals surface area contributed by atoms with E-state index in [0.717, 1.165) is 53.7 Å². The number of carbonyl (C=O) groups is 1. The summed E-state index contributed by atoms with van der Waals surface area (Å²) in [5.74, 6) is 2.47. The number of nitrogens with one attached hydrogen (secondary N) is 2. The van der Waals surface area contributed by atoms with E-state index in [1.165, 1.54) is 19.3 Å². The molecule has 5 heteroatoms. The smallest absolute Gasteiger partial charge is 0.326 e. The Morgan fingerprint density at radius 2 is 1.79 bits per heavy atom. The van der Waals surface area contributed by atoms with Crippen LogP contribution in [0.15, 0.2) is 23.0 Å². The minimum atomic E-state index is -0.145. The van der Waals surface area contributed by atoms with Gasteiger partial charge in [-0.05, 0) is 74.5 Å². The second-order valence-corrected chi connectivity index (χ2v) is 8.37. The first-order valence-electron chi connectivity index (χ1n) is 9.03. The van der Waals surface area contributed by atoms with Crippen LogP contribution in [0.1, 0.15) is 38.5 Å². The monoisotopic (exact) mass is 325 g/mol. The van der Waals surface area contributed by atoms with Crippen LogP contribution in [0.5, 0.6) is 0 Å². The van der Waals surface area contributed by atoms with E-state index in [2.05, 4.69) is 10.3 Å². The highest BCUT2D eigenvalue weighted by molar-refractivity contribution is 5.97. The highest BCUT2D eigenvalue weighted by Crippen LogP contribution is 2.60. The van der Waals surface area contributed by atoms with E-state index < -0.39 is 0 Å². The third kappa shape index (κ3) is 2.00. The standard InChI is InChI=1S/C19H23N3O2/c1-22-16-3-2-14(7-15(16)21-18(22)24)20-17(23)19-8-11-4-12(9-19)6-13(5-11)10-19/h2-3,7,11-13H,4-6,8-10H2,1H3,(H,20,23)(H,21,24). The summed E-state index contributed by atoms with van der Waals surface area (Å²) in [5.41, 5.74) is 2.13. The van der Waals surface area contributed by atoms with Gasteiger partial charge in [0, 0.05) is 12.7 Å². The fourth-order valence-corrected chi connectivity index (χ4v) is 5.97. The van der Waals surface area contributed by atoms with E-state index in [4.69, 9.17) is 0 Å². The van der Waals surface area contributed by atoms with Crippen molar-refractivity contribution < 1.29 is 4.79 Å². The van der Waals surface area contributed by atoms with E-state index in [0.29, 0.717) is 0 Å². The lowest BCUT2D eigenvalue weighted by Crippen LogP contribution is -2.51. The number of hydrogen-bond donors (Lipinski definition) is 2. The number of imidazole rings is 1. The maximum Gasteiger partial charge on any atom is 0.326 e. The topological polar surface area (TPSA) is 66.9 Å². The molecule has 4 aliphatic rings. The Labute approximate surface area is 140 Å². The minimum Gasteiger partial charge on any atom is -0.326 e. The van der Waals surface area contributed by atoms with Gasteiger partial charge < -0.3 is 10.3 Å². The van der Waals surface area contributed by atoms with Crippen LogP contribution in [0.2, 0.25) is 0 Å². The van der Waals surface area contributed by atoms with Gasteiger partial charge in [-0.2, -0.15) is 0 Å². The fourth-order valence-electron chi connectivity index (χ4n) is 5.97. The number of nitrogens with zero attached hydrogens (tertiary/aromatic N) is 1. The van der Waals surface area contributed by atoms with Gasteiger partial charge in [-0.3, -0.25) is 9.36 Å². The molecule has 126 valence electrons. The molecule has 2 aromatic rings. The average Bonchev–Trinajstić information content (AvgIpc) is 2.80. The molecule has 1 aromatic heterocycles. The molecule has 0 aliphatic heterocycles. The van der Waals surface area contributed by atoms with Crippen LogP contribution in [-0.4, -0.2) is 15.5 Å². The molecule has 0 atom stereocenters. The second-order valence-electron chi connectivity index (χ2n) is 8.37. The van der Waals surface area contributed by atoms with E-state index >= 15 is 0 Å². The molecule has 4 saturated carbocycles. The molecule has 1 aromatic carbocycles. The van der Waals surface area contributed by atoms with E-state index in [1.54, 1.807) is 11.6 Å². The highest BCUT2D eigenvalue weighted by Gasteiger charge is 2.54. The molecule has 4 fully saturated rings. The Hall–Kier alpha value is -2.04. The first-order valence-corrected chi connectivity index (χ1v) is 9.03. The average molecular weight is 325 g/mol. The zero-order valence-corrected chi connectivity index (χ0v) is 14.0. The maximum absolute atomic E-state index is 13.1. The number of aryl methyl sites for hydroxylation is 1. The Kier molecular flexibility index (Phi) is 2.83. The van der Waals surface area contributed by atoms with Gasteiger partial charge in [-0.1, -0.05) is 0 Å². The molecule has 0 radical (unpaired) electrons. The molecule has 6 rings (SSSR count). The van der Waals surface area contributed by atoms with Gasteiger partial charge in [0.1, 0.15) is 0 Å². The normalized spacial score (nSPS) is 34.0. The summed E-state index contributed by atoms with van der Waals surface area (Å²) in [6.07, 6.45) is 7.21. The Morgan fingerprint density at radius 3 is 2.42 bits per heavy atom. The number of benzene rings is 1. The number of rotatable bonds is 2. The molecule has 0 spiro atoms. The van der Waals surface area contributed by atoms with Crippen molar-refractivity contribution in [1.29, 1.82) is 0 Å². The number of amides is 1. The third-order valence-electron chi connectivity index (χ3n) is 6.68. The fraction of sp³-hybridized carbons (Fsp3) is 0.579. The van der Waals surface area contributed by atoms with Crippen LogP contribution in [0.4, 0.5) is 5.69 Å². The molecule has 5 nitrogen and oxygen atoms in total. The number of carbonyl (C=O) groups excluding carboxylic acids is 1. The quantitative estimate of drug-likeness (QED) is 0.891. The minimum absolute atomic E-state index is 0.130. The van der Waals surface area contributed by atoms with Crippen LogP contribution >= 0.6 is 0 Å². The van der Waals surface area contributed by atoms with Crippen LogP contribution in [0.25, 0.3) is 11.0 Å². The second kappa shape index (κ2) is 4.74. The van der Waals surface area contributed by atoms with Crippen molar-refractivity contribution in [3.05, 3.63) is 28.7 Å². The molecule has 0 saturated heterocycles. The number of hydrogen-bond acceptors (Lipinski definition) is 2. The molecule has 4 aliphatic carbocycles. The van der Waals surface area contributed by atoms with Crippen molar-refractivity contribution in [2.75, 3.05) is 5.32 Å². The summed E-state index contributed by atoms with van der Waals surface area (Å²) in [7, 11) is 1.74. The lowest BCUT2D eigenvalue weighted by atomic mass is 9.49. The van der Waals surface area contributed by atoms with Gasteiger partial charge in [0.25, 0.3) is 0 Å². The van der Waals surface area contributed by atoms with E-state index in [9.17, 15) is 9.59 Å². The van der Waals surface area contributed by atoms with Crippen molar-refractivity contribution in [3.63, 3.8) is 0 Å². The largest absolute Gasteiger partial charge is 0.326 e. The molecule has 0 unspecified atom stereocenters. The zero-order valence-electron chi connectivity index (χ0n) is 14.0. The van der Waals surface area contributed by atoms with Crippen LogP contribution in [0, 0.1) is 23.2 Å². The number of fused-ring (bicyclic) bond motifs is 1. The lowest BCUT2D eigenvalue weighted by molar-refractivity contribution is -0.140. The van der Waals surface area contributed by atoms with Crippen LogP contribution < -0.4 is 11.0 Å². The van der Waals surface area contributed by atoms with E-state index in [1.807, 2.05) is 18.2 Å². The number of anilines is 1. The summed E-state index contributed by atoms with van der Waals surface area (Å²) < 4.78 is 1.58. The summed E-state index contributed by atoms with van der Waals surface area (Å²) >= 11 is 0. The molecule has 1 amide bonds. The molecular formula is C19H23N3O2. The maximum atomic E-state index is 13.1. The predicted octanol–water partition coefficient (Wildman–Crippen LogP) is 3.02. The van der Waals surface area contributed by atoms with Gasteiger partial charge in [-0.25, -0.2) is 4.79 Å². The Morgan fingerprint density at radius 1 is 1.17 bits per heavy atom. The van der Waals surface area contributed by atoms with Crippen molar-refractivity contribution >= 4 is 22.6 Å². The summed E-state index contributed by atoms with van der Waals surface area (Å²) in [6.45, 7) is 0. The predicted molar refractivity (Wildman–Crippen MR) is 92.8 cm³/mol. The van der Waals surface area contributed by atoms with Gasteiger partial charge in [0.2, 0.25) is 5.91 Å². The van der Waals surface area contributed by atoms with Gasteiger partial charge in [0.05, 0.1) is 16.4 Å². The highest BCUT2D eigenvalue weighted by atomic mass is 16.2. The lowest BCUT2D eigenvalue weighted by Gasteiger charge is -2.55. The van der Waals surface area contributed by atoms with Crippen molar-refractivity contribution in [1.82, 2.24) is 9.55 Å². The SMILES string of the molecule is Cn1c(=O)[nH]c2cc(NC(=O)C34CC5CC(CC(C5)C3)C4)ccc21.